The Labute approximate surface area is 183 Å². The standard InChI is InChI=1S/C23H20N2O5S/c1-14-11-16(15(2)25(14)17-7-5-4-6-8-17)12-20-21(26)24(23(28)31-20)13-18-9-10-19(30-18)22(27)29-3/h4-12H,13H2,1-3H3. The zero-order valence-corrected chi connectivity index (χ0v) is 18.1. The number of hydrogen-bond donors (Lipinski definition) is 0. The van der Waals surface area contributed by atoms with Crippen LogP contribution in [0.25, 0.3) is 11.8 Å². The van der Waals surface area contributed by atoms with Crippen LogP contribution < -0.4 is 0 Å². The molecule has 0 atom stereocenters. The highest BCUT2D eigenvalue weighted by atomic mass is 32.2. The number of carbonyl (C=O) groups is 3. The van der Waals surface area contributed by atoms with Crippen molar-refractivity contribution in [2.45, 2.75) is 20.4 Å². The fourth-order valence-electron chi connectivity index (χ4n) is 3.51. The van der Waals surface area contributed by atoms with Crippen molar-refractivity contribution in [3.8, 4) is 5.69 Å². The molecule has 4 rings (SSSR count). The Hall–Kier alpha value is -3.52. The van der Waals surface area contributed by atoms with Gasteiger partial charge >= 0.3 is 5.97 Å². The number of nitrogens with zero attached hydrogens (tertiary/aromatic N) is 2. The third-order valence-corrected chi connectivity index (χ3v) is 5.91. The molecule has 1 aliphatic heterocycles. The van der Waals surface area contributed by atoms with E-state index in [4.69, 9.17) is 4.42 Å². The molecule has 158 valence electrons. The Bertz CT molecular complexity index is 1210. The van der Waals surface area contributed by atoms with E-state index in [2.05, 4.69) is 9.30 Å². The number of aromatic nitrogens is 1. The van der Waals surface area contributed by atoms with Crippen molar-refractivity contribution in [2.75, 3.05) is 7.11 Å². The lowest BCUT2D eigenvalue weighted by Crippen LogP contribution is -2.27. The van der Waals surface area contributed by atoms with Crippen LogP contribution in [-0.2, 0) is 16.1 Å². The van der Waals surface area contributed by atoms with E-state index in [1.54, 1.807) is 12.1 Å². The van der Waals surface area contributed by atoms with Gasteiger partial charge < -0.3 is 13.7 Å². The molecule has 1 fully saturated rings. The molecule has 3 aromatic rings. The van der Waals surface area contributed by atoms with E-state index in [-0.39, 0.29) is 17.5 Å². The molecule has 31 heavy (non-hydrogen) atoms. The predicted octanol–water partition coefficient (Wildman–Crippen LogP) is 4.71. The molecule has 0 spiro atoms. The van der Waals surface area contributed by atoms with Crippen LogP contribution in [-0.4, -0.2) is 33.7 Å². The summed E-state index contributed by atoms with van der Waals surface area (Å²) in [7, 11) is 1.25. The van der Waals surface area contributed by atoms with Gasteiger partial charge in [0.05, 0.1) is 18.6 Å². The minimum Gasteiger partial charge on any atom is -0.463 e. The predicted molar refractivity (Wildman–Crippen MR) is 117 cm³/mol. The first kappa shape index (κ1) is 20.7. The first-order valence-electron chi connectivity index (χ1n) is 9.56. The summed E-state index contributed by atoms with van der Waals surface area (Å²) in [6.07, 6.45) is 1.74. The number of hydrogen-bond acceptors (Lipinski definition) is 6. The molecule has 0 radical (unpaired) electrons. The van der Waals surface area contributed by atoms with Crippen LogP contribution in [0.3, 0.4) is 0 Å². The van der Waals surface area contributed by atoms with Crippen LogP contribution in [0, 0.1) is 13.8 Å². The van der Waals surface area contributed by atoms with Gasteiger partial charge in [0.25, 0.3) is 11.1 Å². The third kappa shape index (κ3) is 3.94. The molecule has 1 aromatic carbocycles. The van der Waals surface area contributed by atoms with Crippen molar-refractivity contribution in [1.82, 2.24) is 9.47 Å². The average molecular weight is 436 g/mol. The van der Waals surface area contributed by atoms with Crippen molar-refractivity contribution in [2.24, 2.45) is 0 Å². The van der Waals surface area contributed by atoms with Gasteiger partial charge in [-0.2, -0.15) is 0 Å². The average Bonchev–Trinajstić information content (AvgIpc) is 3.42. The van der Waals surface area contributed by atoms with Crippen LogP contribution in [0.2, 0.25) is 0 Å². The maximum atomic E-state index is 12.9. The lowest BCUT2D eigenvalue weighted by Gasteiger charge is -2.10. The van der Waals surface area contributed by atoms with Crippen LogP contribution in [0.4, 0.5) is 4.79 Å². The van der Waals surface area contributed by atoms with E-state index in [1.807, 2.05) is 50.2 Å². The van der Waals surface area contributed by atoms with Gasteiger partial charge in [-0.05, 0) is 67.6 Å². The van der Waals surface area contributed by atoms with E-state index in [1.165, 1.54) is 13.2 Å². The number of rotatable bonds is 5. The van der Waals surface area contributed by atoms with Gasteiger partial charge in [0, 0.05) is 17.1 Å². The number of furan rings is 1. The Morgan fingerprint density at radius 3 is 2.58 bits per heavy atom. The number of methoxy groups -OCH3 is 1. The van der Waals surface area contributed by atoms with E-state index in [0.717, 1.165) is 39.3 Å². The van der Waals surface area contributed by atoms with Gasteiger partial charge in [-0.25, -0.2) is 4.79 Å². The third-order valence-electron chi connectivity index (χ3n) is 5.01. The summed E-state index contributed by atoms with van der Waals surface area (Å²) in [5.74, 6) is -0.663. The zero-order chi connectivity index (χ0) is 22.1. The maximum absolute atomic E-state index is 12.9. The van der Waals surface area contributed by atoms with Crippen molar-refractivity contribution in [3.63, 3.8) is 0 Å². The van der Waals surface area contributed by atoms with Crippen LogP contribution in [0.5, 0.6) is 0 Å². The topological polar surface area (TPSA) is 81.8 Å². The second-order valence-electron chi connectivity index (χ2n) is 7.02. The molecule has 0 aliphatic carbocycles. The Morgan fingerprint density at radius 1 is 1.13 bits per heavy atom. The molecular formula is C23H20N2O5S. The smallest absolute Gasteiger partial charge is 0.373 e. The van der Waals surface area contributed by atoms with Gasteiger partial charge in [-0.1, -0.05) is 18.2 Å². The SMILES string of the molecule is COC(=O)c1ccc(CN2C(=O)SC(=Cc3cc(C)n(-c4ccccc4)c3C)C2=O)o1. The molecule has 0 unspecified atom stereocenters. The van der Waals surface area contributed by atoms with E-state index >= 15 is 0 Å². The number of thioether (sulfide) groups is 1. The second kappa shape index (κ2) is 8.31. The van der Waals surface area contributed by atoms with Crippen molar-refractivity contribution < 1.29 is 23.5 Å². The highest BCUT2D eigenvalue weighted by molar-refractivity contribution is 8.18. The molecule has 0 saturated carbocycles. The molecule has 1 saturated heterocycles. The number of imide groups is 1. The summed E-state index contributed by atoms with van der Waals surface area (Å²) in [5, 5.41) is -0.385. The molecule has 2 amide bonds. The van der Waals surface area contributed by atoms with Crippen molar-refractivity contribution in [3.05, 3.63) is 81.9 Å². The van der Waals surface area contributed by atoms with E-state index in [0.29, 0.717) is 10.7 Å². The Kier molecular flexibility index (Phi) is 5.56. The maximum Gasteiger partial charge on any atom is 0.373 e. The van der Waals surface area contributed by atoms with Crippen molar-refractivity contribution >= 4 is 35.0 Å². The lowest BCUT2D eigenvalue weighted by molar-refractivity contribution is -0.123. The molecule has 2 aromatic heterocycles. The quantitative estimate of drug-likeness (QED) is 0.426. The minimum atomic E-state index is -0.617. The van der Waals surface area contributed by atoms with Crippen molar-refractivity contribution in [1.29, 1.82) is 0 Å². The van der Waals surface area contributed by atoms with Gasteiger partial charge in [0.15, 0.2) is 0 Å². The van der Waals surface area contributed by atoms with Crippen LogP contribution >= 0.6 is 11.8 Å². The molecule has 0 N–H and O–H groups in total. The summed E-state index contributed by atoms with van der Waals surface area (Å²) in [5.41, 5.74) is 3.91. The Balaban J connectivity index is 1.58. The van der Waals surface area contributed by atoms with Gasteiger partial charge in [-0.15, -0.1) is 0 Å². The largest absolute Gasteiger partial charge is 0.463 e. The van der Waals surface area contributed by atoms with Crippen LogP contribution in [0.15, 0.2) is 57.9 Å². The zero-order valence-electron chi connectivity index (χ0n) is 17.2. The number of esters is 1. The number of aryl methyl sites for hydroxylation is 1. The summed E-state index contributed by atoms with van der Waals surface area (Å²) in [4.78, 5) is 38.3. The van der Waals surface area contributed by atoms with E-state index < -0.39 is 11.9 Å². The monoisotopic (exact) mass is 436 g/mol. The molecule has 3 heterocycles. The number of benzene rings is 1. The minimum absolute atomic E-state index is 0.0216. The number of ether oxygens (including phenoxy) is 1. The number of para-hydroxylation sites is 1. The molecule has 0 bridgehead atoms. The number of carbonyl (C=O) groups excluding carboxylic acids is 3. The Morgan fingerprint density at radius 2 is 1.87 bits per heavy atom. The van der Waals surface area contributed by atoms with Gasteiger partial charge in [-0.3, -0.25) is 14.5 Å². The van der Waals surface area contributed by atoms with Gasteiger partial charge in [0.2, 0.25) is 5.76 Å². The summed E-state index contributed by atoms with van der Waals surface area (Å²) >= 11 is 0.889. The first-order chi connectivity index (χ1) is 14.9. The highest BCUT2D eigenvalue weighted by Gasteiger charge is 2.36. The molecular weight excluding hydrogens is 416 g/mol. The summed E-state index contributed by atoms with van der Waals surface area (Å²) < 4.78 is 12.1. The fourth-order valence-corrected chi connectivity index (χ4v) is 4.34. The summed E-state index contributed by atoms with van der Waals surface area (Å²) in [6.45, 7) is 3.92. The molecule has 7 nitrogen and oxygen atoms in total. The van der Waals surface area contributed by atoms with E-state index in [9.17, 15) is 14.4 Å². The fraction of sp³-hybridized carbons (Fsp3) is 0.174. The van der Waals surface area contributed by atoms with Crippen LogP contribution in [0.1, 0.15) is 33.3 Å². The molecule has 1 aliphatic rings. The first-order valence-corrected chi connectivity index (χ1v) is 10.4. The van der Waals surface area contributed by atoms with Gasteiger partial charge in [0.1, 0.15) is 5.76 Å². The second-order valence-corrected chi connectivity index (χ2v) is 8.02. The number of amides is 2. The lowest BCUT2D eigenvalue weighted by atomic mass is 10.2. The normalized spacial score (nSPS) is 15.2. The summed E-state index contributed by atoms with van der Waals surface area (Å²) in [6, 6.07) is 14.9. The highest BCUT2D eigenvalue weighted by Crippen LogP contribution is 2.34. The molecule has 8 heteroatoms.